The second-order valence-electron chi connectivity index (χ2n) is 5.18. The standard InChI is InChI=1S/C13H19FN2O2/c1-13(2,3)11(15)12(17)16-9-6-5-8(14)7-10(9)18-4/h5-7,11H,15H2,1-4H3,(H,16,17)/t11-/m1/s1. The molecule has 18 heavy (non-hydrogen) atoms. The average molecular weight is 254 g/mol. The lowest BCUT2D eigenvalue weighted by Crippen LogP contribution is -2.45. The summed E-state index contributed by atoms with van der Waals surface area (Å²) < 4.78 is 18.0. The maximum atomic E-state index is 13.0. The van der Waals surface area contributed by atoms with E-state index in [4.69, 9.17) is 10.5 Å². The van der Waals surface area contributed by atoms with Crippen LogP contribution in [0.1, 0.15) is 20.8 Å². The lowest BCUT2D eigenvalue weighted by Gasteiger charge is -2.26. The van der Waals surface area contributed by atoms with E-state index in [1.54, 1.807) is 0 Å². The summed E-state index contributed by atoms with van der Waals surface area (Å²) >= 11 is 0. The predicted octanol–water partition coefficient (Wildman–Crippen LogP) is 2.15. The summed E-state index contributed by atoms with van der Waals surface area (Å²) in [7, 11) is 1.41. The predicted molar refractivity (Wildman–Crippen MR) is 69.0 cm³/mol. The first-order valence-electron chi connectivity index (χ1n) is 5.65. The molecule has 0 aliphatic rings. The number of hydrogen-bond donors (Lipinski definition) is 2. The monoisotopic (exact) mass is 254 g/mol. The zero-order valence-electron chi connectivity index (χ0n) is 11.1. The van der Waals surface area contributed by atoms with E-state index in [0.717, 1.165) is 0 Å². The van der Waals surface area contributed by atoms with Crippen LogP contribution < -0.4 is 15.8 Å². The van der Waals surface area contributed by atoms with Gasteiger partial charge in [-0.05, 0) is 17.5 Å². The van der Waals surface area contributed by atoms with Crippen LogP contribution in [0.25, 0.3) is 0 Å². The minimum Gasteiger partial charge on any atom is -0.494 e. The second kappa shape index (κ2) is 5.35. The third-order valence-electron chi connectivity index (χ3n) is 2.64. The largest absolute Gasteiger partial charge is 0.494 e. The van der Waals surface area contributed by atoms with E-state index in [-0.39, 0.29) is 17.1 Å². The number of methoxy groups -OCH3 is 1. The Morgan fingerprint density at radius 1 is 1.44 bits per heavy atom. The summed E-state index contributed by atoms with van der Waals surface area (Å²) in [6, 6.07) is 3.24. The lowest BCUT2D eigenvalue weighted by atomic mass is 9.87. The molecule has 0 saturated heterocycles. The van der Waals surface area contributed by atoms with Gasteiger partial charge in [0.15, 0.2) is 0 Å². The molecule has 1 atom stereocenters. The molecule has 0 saturated carbocycles. The molecule has 1 aromatic carbocycles. The zero-order valence-corrected chi connectivity index (χ0v) is 11.1. The van der Waals surface area contributed by atoms with Gasteiger partial charge in [0.2, 0.25) is 5.91 Å². The first-order valence-corrected chi connectivity index (χ1v) is 5.65. The quantitative estimate of drug-likeness (QED) is 0.868. The number of ether oxygens (including phenoxy) is 1. The summed E-state index contributed by atoms with van der Waals surface area (Å²) in [6.07, 6.45) is 0. The topological polar surface area (TPSA) is 64.3 Å². The van der Waals surface area contributed by atoms with E-state index in [2.05, 4.69) is 5.32 Å². The number of nitrogens with two attached hydrogens (primary N) is 1. The number of rotatable bonds is 3. The summed E-state index contributed by atoms with van der Waals surface area (Å²) in [5.41, 5.74) is 5.89. The van der Waals surface area contributed by atoms with Crippen LogP contribution in [0.5, 0.6) is 5.75 Å². The smallest absolute Gasteiger partial charge is 0.241 e. The van der Waals surface area contributed by atoms with Crippen molar-refractivity contribution in [2.75, 3.05) is 12.4 Å². The van der Waals surface area contributed by atoms with Gasteiger partial charge >= 0.3 is 0 Å². The number of anilines is 1. The van der Waals surface area contributed by atoms with Gasteiger partial charge in [-0.3, -0.25) is 4.79 Å². The van der Waals surface area contributed by atoms with Crippen LogP contribution >= 0.6 is 0 Å². The van der Waals surface area contributed by atoms with Gasteiger partial charge in [-0.25, -0.2) is 4.39 Å². The third kappa shape index (κ3) is 3.43. The van der Waals surface area contributed by atoms with E-state index in [0.29, 0.717) is 5.69 Å². The van der Waals surface area contributed by atoms with Gasteiger partial charge in [-0.2, -0.15) is 0 Å². The van der Waals surface area contributed by atoms with Gasteiger partial charge < -0.3 is 15.8 Å². The Labute approximate surface area is 106 Å². The molecule has 0 heterocycles. The molecule has 0 aliphatic heterocycles. The van der Waals surface area contributed by atoms with E-state index in [9.17, 15) is 9.18 Å². The highest BCUT2D eigenvalue weighted by Gasteiger charge is 2.27. The Morgan fingerprint density at radius 3 is 2.56 bits per heavy atom. The van der Waals surface area contributed by atoms with Gasteiger partial charge in [-0.1, -0.05) is 20.8 Å². The van der Waals surface area contributed by atoms with Crippen LogP contribution in [-0.4, -0.2) is 19.1 Å². The van der Waals surface area contributed by atoms with Crippen molar-refractivity contribution in [3.05, 3.63) is 24.0 Å². The van der Waals surface area contributed by atoms with Crippen LogP contribution in [0.2, 0.25) is 0 Å². The Morgan fingerprint density at radius 2 is 2.06 bits per heavy atom. The first-order chi connectivity index (χ1) is 8.25. The number of amides is 1. The molecule has 0 unspecified atom stereocenters. The Kier molecular flexibility index (Phi) is 4.29. The molecule has 0 aromatic heterocycles. The maximum absolute atomic E-state index is 13.0. The maximum Gasteiger partial charge on any atom is 0.241 e. The Balaban J connectivity index is 2.88. The number of nitrogens with one attached hydrogen (secondary N) is 1. The van der Waals surface area contributed by atoms with Crippen molar-refractivity contribution in [2.45, 2.75) is 26.8 Å². The molecule has 5 heteroatoms. The molecular formula is C13H19FN2O2. The van der Waals surface area contributed by atoms with Gasteiger partial charge in [-0.15, -0.1) is 0 Å². The zero-order chi connectivity index (χ0) is 13.9. The molecule has 1 amide bonds. The highest BCUT2D eigenvalue weighted by Crippen LogP contribution is 2.26. The van der Waals surface area contributed by atoms with Crippen molar-refractivity contribution < 1.29 is 13.9 Å². The number of carbonyl (C=O) groups excluding carboxylic acids is 1. The fraction of sp³-hybridized carbons (Fsp3) is 0.462. The molecule has 0 radical (unpaired) electrons. The van der Waals surface area contributed by atoms with Crippen LogP contribution in [0.4, 0.5) is 10.1 Å². The molecular weight excluding hydrogens is 235 g/mol. The van der Waals surface area contributed by atoms with Gasteiger partial charge in [0, 0.05) is 6.07 Å². The first kappa shape index (κ1) is 14.4. The van der Waals surface area contributed by atoms with Crippen LogP contribution in [0.3, 0.4) is 0 Å². The summed E-state index contributed by atoms with van der Waals surface area (Å²) in [4.78, 5) is 11.9. The summed E-state index contributed by atoms with van der Waals surface area (Å²) in [6.45, 7) is 5.62. The summed E-state index contributed by atoms with van der Waals surface area (Å²) in [5, 5.41) is 2.64. The van der Waals surface area contributed by atoms with E-state index in [1.807, 2.05) is 20.8 Å². The van der Waals surface area contributed by atoms with Crippen molar-refractivity contribution in [3.8, 4) is 5.75 Å². The highest BCUT2D eigenvalue weighted by atomic mass is 19.1. The van der Waals surface area contributed by atoms with Gasteiger partial charge in [0.25, 0.3) is 0 Å². The lowest BCUT2D eigenvalue weighted by molar-refractivity contribution is -0.119. The number of carbonyl (C=O) groups is 1. The van der Waals surface area contributed by atoms with Crippen molar-refractivity contribution in [1.82, 2.24) is 0 Å². The van der Waals surface area contributed by atoms with Crippen LogP contribution in [-0.2, 0) is 4.79 Å². The van der Waals surface area contributed by atoms with Crippen molar-refractivity contribution in [2.24, 2.45) is 11.1 Å². The fourth-order valence-electron chi connectivity index (χ4n) is 1.37. The number of hydrogen-bond acceptors (Lipinski definition) is 3. The molecule has 1 rings (SSSR count). The number of benzene rings is 1. The molecule has 0 fully saturated rings. The highest BCUT2D eigenvalue weighted by molar-refractivity contribution is 5.96. The average Bonchev–Trinajstić information content (AvgIpc) is 2.29. The normalized spacial score (nSPS) is 13.0. The van der Waals surface area contributed by atoms with Gasteiger partial charge in [0.1, 0.15) is 11.6 Å². The van der Waals surface area contributed by atoms with E-state index in [1.165, 1.54) is 25.3 Å². The minimum atomic E-state index is -0.660. The van der Waals surface area contributed by atoms with E-state index < -0.39 is 11.9 Å². The molecule has 0 spiro atoms. The second-order valence-corrected chi connectivity index (χ2v) is 5.18. The van der Waals surface area contributed by atoms with Crippen molar-refractivity contribution in [3.63, 3.8) is 0 Å². The molecule has 0 bridgehead atoms. The Bertz CT molecular complexity index is 441. The molecule has 3 N–H and O–H groups in total. The summed E-state index contributed by atoms with van der Waals surface area (Å²) in [5.74, 6) is -0.484. The third-order valence-corrected chi connectivity index (χ3v) is 2.64. The minimum absolute atomic E-state index is 0.268. The van der Waals surface area contributed by atoms with Gasteiger partial charge in [0.05, 0.1) is 18.8 Å². The Hall–Kier alpha value is -1.62. The van der Waals surface area contributed by atoms with Crippen LogP contribution in [0.15, 0.2) is 18.2 Å². The molecule has 0 aliphatic carbocycles. The van der Waals surface area contributed by atoms with Crippen molar-refractivity contribution >= 4 is 11.6 Å². The SMILES string of the molecule is COc1cc(F)ccc1NC(=O)[C@@H](N)C(C)(C)C. The van der Waals surface area contributed by atoms with Crippen molar-refractivity contribution in [1.29, 1.82) is 0 Å². The fourth-order valence-corrected chi connectivity index (χ4v) is 1.37. The number of halogens is 1. The van der Waals surface area contributed by atoms with Crippen LogP contribution in [0, 0.1) is 11.2 Å². The molecule has 100 valence electrons. The molecule has 1 aromatic rings. The molecule has 4 nitrogen and oxygen atoms in total. The van der Waals surface area contributed by atoms with E-state index >= 15 is 0 Å².